The molecule has 0 aromatic heterocycles. The van der Waals surface area contributed by atoms with Gasteiger partial charge in [-0.25, -0.2) is 14.4 Å². The number of fused-ring (bicyclic) bond motifs is 5. The van der Waals surface area contributed by atoms with E-state index in [1.807, 2.05) is 0 Å². The van der Waals surface area contributed by atoms with Gasteiger partial charge in [-0.05, 0) is 64.5 Å². The first kappa shape index (κ1) is 45.9. The lowest BCUT2D eigenvalue weighted by atomic mass is 9.44. The van der Waals surface area contributed by atoms with Gasteiger partial charge in [0.1, 0.15) is 29.5 Å². The van der Waals surface area contributed by atoms with Gasteiger partial charge in [0.25, 0.3) is 0 Å². The average molecular weight is 840 g/mol. The minimum atomic E-state index is -2.39. The van der Waals surface area contributed by atoms with Crippen molar-refractivity contribution in [2.45, 2.75) is 153 Å². The van der Waals surface area contributed by atoms with Crippen molar-refractivity contribution in [3.05, 3.63) is 11.1 Å². The maximum absolute atomic E-state index is 14.6. The Kier molecular flexibility index (Phi) is 12.4. The predicted molar refractivity (Wildman–Crippen MR) is 198 cm³/mol. The Labute approximate surface area is 340 Å². The minimum Gasteiger partial charge on any atom is -0.455 e. The number of carbonyl (C=O) groups is 7. The van der Waals surface area contributed by atoms with E-state index in [4.69, 9.17) is 39.9 Å². The number of ketones is 1. The van der Waals surface area contributed by atoms with Crippen LogP contribution < -0.4 is 16.8 Å². The lowest BCUT2D eigenvalue weighted by Crippen LogP contribution is -2.81. The predicted octanol–water partition coefficient (Wildman–Crippen LogP) is -1.27. The van der Waals surface area contributed by atoms with Gasteiger partial charge >= 0.3 is 30.0 Å². The molecule has 9 N–H and O–H groups in total. The number of aliphatic hydroxyl groups excluding tert-OH is 3. The first-order chi connectivity index (χ1) is 27.1. The number of primary amides is 1. The van der Waals surface area contributed by atoms with Crippen molar-refractivity contribution in [1.29, 1.82) is 0 Å². The molecule has 0 radical (unpaired) electrons. The molecule has 5 aliphatic rings. The lowest BCUT2D eigenvalue weighted by Gasteiger charge is -2.67. The SMILES string of the molecule is CC(=O)O[C@@]12CO[C@@H]1C[C@H](O)[C@@]1(C)C(=O)[C@H](O)C3=C(C)[C@@H](OC(=O)[C@H](OC(=O)COC(=O)C[C@H](N)C(N)=O)[C@@H](NC(=O)OC(C)(C)C)C4CC4)C[C@@](O)([C@@H](O)[C@H]21)C3(C)C. The second-order valence-electron chi connectivity index (χ2n) is 18.1. The number of esters is 4. The highest BCUT2D eigenvalue weighted by Crippen LogP contribution is 2.63. The number of hydrogen-bond acceptors (Lipinski definition) is 18. The molecule has 0 aromatic carbocycles. The van der Waals surface area contributed by atoms with Crippen molar-refractivity contribution >= 4 is 41.7 Å². The Hall–Kier alpha value is -4.21. The van der Waals surface area contributed by atoms with Crippen molar-refractivity contribution in [2.75, 3.05) is 13.2 Å². The van der Waals surface area contributed by atoms with Crippen molar-refractivity contribution < 1.29 is 82.4 Å². The topological polar surface area (TPSA) is 320 Å². The number of ether oxygens (including phenoxy) is 6. The molecule has 4 aliphatic carbocycles. The fourth-order valence-electron chi connectivity index (χ4n) is 9.36. The zero-order chi connectivity index (χ0) is 44.4. The second kappa shape index (κ2) is 16.0. The average Bonchev–Trinajstić information content (AvgIpc) is 3.95. The minimum absolute atomic E-state index is 0.0980. The molecule has 0 spiro atoms. The van der Waals surface area contributed by atoms with E-state index in [2.05, 4.69) is 5.32 Å². The van der Waals surface area contributed by atoms with Crippen LogP contribution in [0, 0.1) is 22.7 Å². The highest BCUT2D eigenvalue weighted by Gasteiger charge is 2.76. The Bertz CT molecular complexity index is 1790. The summed E-state index contributed by atoms with van der Waals surface area (Å²) in [4.78, 5) is 91.2. The van der Waals surface area contributed by atoms with Crippen LogP contribution in [0.15, 0.2) is 11.1 Å². The third-order valence-corrected chi connectivity index (χ3v) is 12.7. The van der Waals surface area contributed by atoms with E-state index in [1.165, 1.54) is 27.7 Å². The summed E-state index contributed by atoms with van der Waals surface area (Å²) in [5.74, 6) is -8.33. The van der Waals surface area contributed by atoms with Crippen LogP contribution in [0.1, 0.15) is 87.5 Å². The molecule has 1 heterocycles. The monoisotopic (exact) mass is 839 g/mol. The lowest BCUT2D eigenvalue weighted by molar-refractivity contribution is -0.346. The molecule has 0 unspecified atom stereocenters. The third kappa shape index (κ3) is 8.31. The molecule has 59 heavy (non-hydrogen) atoms. The molecule has 5 rings (SSSR count). The molecular weight excluding hydrogens is 782 g/mol. The van der Waals surface area contributed by atoms with Crippen LogP contribution in [-0.2, 0) is 57.2 Å². The largest absolute Gasteiger partial charge is 0.455 e. The van der Waals surface area contributed by atoms with Gasteiger partial charge in [-0.2, -0.15) is 0 Å². The molecule has 1 saturated heterocycles. The summed E-state index contributed by atoms with van der Waals surface area (Å²) < 4.78 is 33.2. The summed E-state index contributed by atoms with van der Waals surface area (Å²) in [6.45, 7) is 10.3. The van der Waals surface area contributed by atoms with E-state index >= 15 is 0 Å². The van der Waals surface area contributed by atoms with Crippen LogP contribution in [0.25, 0.3) is 0 Å². The number of rotatable bonds is 12. The molecule has 3 saturated carbocycles. The normalized spacial score (nSPS) is 35.1. The van der Waals surface area contributed by atoms with E-state index in [1.54, 1.807) is 20.8 Å². The molecule has 20 nitrogen and oxygen atoms in total. The van der Waals surface area contributed by atoms with Gasteiger partial charge in [0.15, 0.2) is 18.0 Å². The Morgan fingerprint density at radius 3 is 2.19 bits per heavy atom. The summed E-state index contributed by atoms with van der Waals surface area (Å²) in [6, 6.07) is -2.66. The van der Waals surface area contributed by atoms with E-state index in [0.29, 0.717) is 12.8 Å². The molecular formula is C39H57N3O17. The number of Topliss-reactive ketones (excluding diaryl/α,β-unsaturated/α-hetero) is 1. The highest BCUT2D eigenvalue weighted by molar-refractivity contribution is 5.93. The number of carbonyl (C=O) groups excluding carboxylic acids is 7. The summed E-state index contributed by atoms with van der Waals surface area (Å²) in [7, 11) is 0. The molecule has 12 atom stereocenters. The maximum atomic E-state index is 14.6. The quantitative estimate of drug-likeness (QED) is 0.0684. The summed E-state index contributed by atoms with van der Waals surface area (Å²) >= 11 is 0. The smallest absolute Gasteiger partial charge is 0.408 e. The zero-order valence-corrected chi connectivity index (χ0v) is 34.5. The van der Waals surface area contributed by atoms with Gasteiger partial charge in [0.05, 0.1) is 42.7 Å². The number of nitrogens with two attached hydrogens (primary N) is 2. The molecule has 0 aromatic rings. The van der Waals surface area contributed by atoms with E-state index in [0.717, 1.165) is 6.92 Å². The summed E-state index contributed by atoms with van der Waals surface area (Å²) in [6.07, 6.45) is -11.5. The van der Waals surface area contributed by atoms with Gasteiger partial charge in [-0.15, -0.1) is 0 Å². The summed E-state index contributed by atoms with van der Waals surface area (Å²) in [5, 5.41) is 51.4. The Balaban J connectivity index is 1.53. The van der Waals surface area contributed by atoms with E-state index in [9.17, 15) is 54.0 Å². The standard InChI is InChI=1S/C39H57N3O17/c1-16-20(56-33(51)28(26(18-9-10-18)42-34(52)59-35(3,4)5)57-24(46)14-54-23(45)11-19(40)32(41)50)13-39(53)31(49)29-37(8,30(48)27(47)25(16)36(39,6)7)21(44)12-22-38(29,15-55-22)58-17(2)43/h18-22,26-29,31,44,47,49,53H,9-15,40H2,1-8H3,(H2,41,50)(H,42,52)/t19-,20-,21-,22+,26-,27+,28+,29-,31-,37+,38-,39+/m0/s1. The van der Waals surface area contributed by atoms with E-state index in [-0.39, 0.29) is 24.2 Å². The first-order valence-electron chi connectivity index (χ1n) is 19.6. The molecule has 2 amide bonds. The number of hydrogen-bond donors (Lipinski definition) is 7. The fraction of sp³-hybridized carbons (Fsp3) is 0.769. The first-order valence-corrected chi connectivity index (χ1v) is 19.6. The number of alkyl carbamates (subject to hydrolysis) is 1. The molecule has 330 valence electrons. The van der Waals surface area contributed by atoms with Crippen molar-refractivity contribution in [2.24, 2.45) is 34.1 Å². The van der Waals surface area contributed by atoms with Crippen LogP contribution in [-0.4, -0.2) is 141 Å². The van der Waals surface area contributed by atoms with Gasteiger partial charge in [-0.3, -0.25) is 19.2 Å². The van der Waals surface area contributed by atoms with Crippen LogP contribution in [0.5, 0.6) is 0 Å². The van der Waals surface area contributed by atoms with Gasteiger partial charge in [-0.1, -0.05) is 13.8 Å². The summed E-state index contributed by atoms with van der Waals surface area (Å²) in [5.41, 5.74) is 1.85. The van der Waals surface area contributed by atoms with Crippen molar-refractivity contribution in [1.82, 2.24) is 5.32 Å². The van der Waals surface area contributed by atoms with Gasteiger partial charge in [0, 0.05) is 31.1 Å². The van der Waals surface area contributed by atoms with Crippen LogP contribution in [0.3, 0.4) is 0 Å². The number of aliphatic hydroxyl groups is 4. The van der Waals surface area contributed by atoms with E-state index < -0.39 is 149 Å². The number of nitrogens with one attached hydrogen (secondary N) is 1. The Morgan fingerprint density at radius 1 is 1.03 bits per heavy atom. The van der Waals surface area contributed by atoms with Crippen LogP contribution in [0.2, 0.25) is 0 Å². The third-order valence-electron chi connectivity index (χ3n) is 12.7. The maximum Gasteiger partial charge on any atom is 0.408 e. The second-order valence-corrected chi connectivity index (χ2v) is 18.1. The Morgan fingerprint density at radius 2 is 1.66 bits per heavy atom. The number of amides is 2. The van der Waals surface area contributed by atoms with Crippen molar-refractivity contribution in [3.8, 4) is 0 Å². The molecule has 20 heteroatoms. The van der Waals surface area contributed by atoms with Gasteiger partial charge < -0.3 is 65.6 Å². The van der Waals surface area contributed by atoms with Gasteiger partial charge in [0.2, 0.25) is 12.0 Å². The highest BCUT2D eigenvalue weighted by atomic mass is 16.6. The van der Waals surface area contributed by atoms with Crippen molar-refractivity contribution in [3.63, 3.8) is 0 Å². The van der Waals surface area contributed by atoms with Crippen LogP contribution >= 0.6 is 0 Å². The fourth-order valence-corrected chi connectivity index (χ4v) is 9.36. The molecule has 1 aliphatic heterocycles. The molecule has 4 fully saturated rings. The zero-order valence-electron chi connectivity index (χ0n) is 34.5. The van der Waals surface area contributed by atoms with Crippen LogP contribution in [0.4, 0.5) is 4.79 Å². The molecule has 2 bridgehead atoms.